The molecule has 2 unspecified atom stereocenters. The SMILES string of the molecule is CC/C=C\C/C=C\C/C=C\C/C=C\C/C=C\C/C=C\CCC(=O)OC(COCCC(C(=O)[O-])[N+](C)(C)C)COC(=O)CCCCCCCCCCCC. The highest BCUT2D eigenvalue weighted by Crippen LogP contribution is 2.12. The Labute approximate surface area is 323 Å². The molecular formula is C45H75NO7. The number of nitrogens with zero attached hydrogens (tertiary/aromatic N) is 1. The minimum Gasteiger partial charge on any atom is -0.544 e. The molecule has 0 radical (unpaired) electrons. The molecule has 0 amide bonds. The van der Waals surface area contributed by atoms with E-state index in [1.807, 2.05) is 12.2 Å². The van der Waals surface area contributed by atoms with Gasteiger partial charge in [0.15, 0.2) is 6.10 Å². The number of carboxylic acids is 1. The van der Waals surface area contributed by atoms with Gasteiger partial charge in [0.25, 0.3) is 0 Å². The van der Waals surface area contributed by atoms with E-state index in [1.165, 1.54) is 44.9 Å². The monoisotopic (exact) mass is 742 g/mol. The molecule has 8 nitrogen and oxygen atoms in total. The van der Waals surface area contributed by atoms with E-state index in [0.29, 0.717) is 12.8 Å². The Kier molecular flexibility index (Phi) is 33.6. The van der Waals surface area contributed by atoms with Crippen molar-refractivity contribution in [2.24, 2.45) is 0 Å². The van der Waals surface area contributed by atoms with Crippen LogP contribution in [0.4, 0.5) is 0 Å². The number of quaternary nitrogens is 1. The number of carboxylic acid groups (broad SMARTS) is 1. The molecule has 0 saturated heterocycles. The van der Waals surface area contributed by atoms with Crippen LogP contribution in [0.15, 0.2) is 72.9 Å². The average molecular weight is 742 g/mol. The van der Waals surface area contributed by atoms with Crippen LogP contribution in [0, 0.1) is 0 Å². The first kappa shape index (κ1) is 49.8. The maximum Gasteiger partial charge on any atom is 0.306 e. The van der Waals surface area contributed by atoms with Crippen molar-refractivity contribution in [3.63, 3.8) is 0 Å². The number of carbonyl (C=O) groups excluding carboxylic acids is 3. The van der Waals surface area contributed by atoms with Gasteiger partial charge < -0.3 is 28.6 Å². The van der Waals surface area contributed by atoms with Gasteiger partial charge in [-0.05, 0) is 51.4 Å². The third-order valence-corrected chi connectivity index (χ3v) is 8.62. The molecule has 0 heterocycles. The first-order valence-electron chi connectivity index (χ1n) is 20.5. The third-order valence-electron chi connectivity index (χ3n) is 8.62. The molecule has 0 bridgehead atoms. The topological polar surface area (TPSA) is 102 Å². The number of aliphatic carboxylic acids is 1. The molecule has 8 heteroatoms. The fraction of sp³-hybridized carbons (Fsp3) is 0.667. The van der Waals surface area contributed by atoms with Crippen molar-refractivity contribution < 1.29 is 38.2 Å². The average Bonchev–Trinajstić information content (AvgIpc) is 3.11. The van der Waals surface area contributed by atoms with Crippen molar-refractivity contribution in [1.82, 2.24) is 0 Å². The van der Waals surface area contributed by atoms with E-state index in [0.717, 1.165) is 57.8 Å². The predicted octanol–water partition coefficient (Wildman–Crippen LogP) is 9.46. The van der Waals surface area contributed by atoms with Crippen LogP contribution in [0.5, 0.6) is 0 Å². The van der Waals surface area contributed by atoms with Crippen molar-refractivity contribution in [2.75, 3.05) is 41.0 Å². The first-order valence-corrected chi connectivity index (χ1v) is 20.5. The zero-order chi connectivity index (χ0) is 39.3. The van der Waals surface area contributed by atoms with Gasteiger partial charge in [-0.15, -0.1) is 0 Å². The lowest BCUT2D eigenvalue weighted by Crippen LogP contribution is -2.55. The van der Waals surface area contributed by atoms with Gasteiger partial charge in [0.2, 0.25) is 0 Å². The molecule has 0 fully saturated rings. The zero-order valence-corrected chi connectivity index (χ0v) is 34.2. The molecule has 0 aromatic rings. The molecular weight excluding hydrogens is 666 g/mol. The summed E-state index contributed by atoms with van der Waals surface area (Å²) < 4.78 is 17.0. The summed E-state index contributed by atoms with van der Waals surface area (Å²) in [5.74, 6) is -1.85. The quantitative estimate of drug-likeness (QED) is 0.0276. The maximum atomic E-state index is 12.6. The summed E-state index contributed by atoms with van der Waals surface area (Å²) in [5.41, 5.74) is 0. The van der Waals surface area contributed by atoms with E-state index in [9.17, 15) is 19.5 Å². The molecule has 0 aromatic heterocycles. The first-order chi connectivity index (χ1) is 25.6. The predicted molar refractivity (Wildman–Crippen MR) is 217 cm³/mol. The lowest BCUT2D eigenvalue weighted by Gasteiger charge is -2.34. The lowest BCUT2D eigenvalue weighted by molar-refractivity contribution is -0.889. The summed E-state index contributed by atoms with van der Waals surface area (Å²) in [6, 6.07) is -0.740. The highest BCUT2D eigenvalue weighted by atomic mass is 16.6. The Bertz CT molecular complexity index is 1100. The summed E-state index contributed by atoms with van der Waals surface area (Å²) >= 11 is 0. The van der Waals surface area contributed by atoms with Crippen LogP contribution in [0.25, 0.3) is 0 Å². The van der Waals surface area contributed by atoms with Gasteiger partial charge in [0.1, 0.15) is 12.6 Å². The van der Waals surface area contributed by atoms with E-state index in [2.05, 4.69) is 74.6 Å². The maximum absolute atomic E-state index is 12.6. The summed E-state index contributed by atoms with van der Waals surface area (Å²) in [4.78, 5) is 36.7. The minimum atomic E-state index is -1.14. The fourth-order valence-electron chi connectivity index (χ4n) is 5.45. The molecule has 53 heavy (non-hydrogen) atoms. The number of unbranched alkanes of at least 4 members (excludes halogenated alkanes) is 9. The van der Waals surface area contributed by atoms with Crippen molar-refractivity contribution in [3.8, 4) is 0 Å². The number of hydrogen-bond acceptors (Lipinski definition) is 7. The molecule has 0 spiro atoms. The number of hydrogen-bond donors (Lipinski definition) is 0. The van der Waals surface area contributed by atoms with E-state index in [-0.39, 0.29) is 43.1 Å². The highest BCUT2D eigenvalue weighted by molar-refractivity contribution is 5.70. The molecule has 0 aliphatic carbocycles. The van der Waals surface area contributed by atoms with Crippen molar-refractivity contribution in [1.29, 1.82) is 0 Å². The standard InChI is InChI=1S/C45H75NO7/c1-6-8-10-12-14-16-18-19-20-21-22-23-24-25-26-28-30-32-34-36-44(48)53-41(39-51-38-37-42(45(49)50)46(3,4)5)40-52-43(47)35-33-31-29-27-17-15-13-11-9-7-2/h8,10,14,16,19-20,22-23,25-26,30,32,41-42H,6-7,9,11-13,15,17-18,21,24,27-29,31,33-40H2,1-5H3/b10-8-,16-14-,20-19-,23-22-,26-25-,32-30-. The summed E-state index contributed by atoms with van der Waals surface area (Å²) in [6.45, 7) is 4.43. The van der Waals surface area contributed by atoms with Crippen LogP contribution in [-0.2, 0) is 28.6 Å². The largest absolute Gasteiger partial charge is 0.544 e. The van der Waals surface area contributed by atoms with Crippen molar-refractivity contribution in [3.05, 3.63) is 72.9 Å². The second kappa shape index (κ2) is 35.8. The Balaban J connectivity index is 4.52. The van der Waals surface area contributed by atoms with Gasteiger partial charge in [-0.25, -0.2) is 0 Å². The summed E-state index contributed by atoms with van der Waals surface area (Å²) in [6.07, 6.45) is 43.7. The van der Waals surface area contributed by atoms with E-state index in [4.69, 9.17) is 14.2 Å². The molecule has 0 aliphatic heterocycles. The number of likely N-dealkylation sites (N-methyl/N-ethyl adjacent to an activating group) is 1. The van der Waals surface area contributed by atoms with Gasteiger partial charge in [-0.2, -0.15) is 0 Å². The summed E-state index contributed by atoms with van der Waals surface area (Å²) in [5, 5.41) is 11.6. The van der Waals surface area contributed by atoms with Crippen LogP contribution >= 0.6 is 0 Å². The molecule has 2 atom stereocenters. The zero-order valence-electron chi connectivity index (χ0n) is 34.2. The molecule has 0 N–H and O–H groups in total. The van der Waals surface area contributed by atoms with Gasteiger partial charge in [0, 0.05) is 19.3 Å². The Morgan fingerprint density at radius 1 is 0.585 bits per heavy atom. The molecule has 302 valence electrons. The van der Waals surface area contributed by atoms with Crippen LogP contribution in [-0.4, -0.2) is 75.5 Å². The second-order valence-electron chi connectivity index (χ2n) is 14.5. The highest BCUT2D eigenvalue weighted by Gasteiger charge is 2.25. The van der Waals surface area contributed by atoms with E-state index in [1.54, 1.807) is 21.1 Å². The third kappa shape index (κ3) is 34.3. The van der Waals surface area contributed by atoms with Crippen molar-refractivity contribution in [2.45, 2.75) is 154 Å². The fourth-order valence-corrected chi connectivity index (χ4v) is 5.45. The molecule has 0 saturated carbocycles. The van der Waals surface area contributed by atoms with Crippen LogP contribution < -0.4 is 5.11 Å². The normalized spacial score (nSPS) is 13.8. The van der Waals surface area contributed by atoms with Gasteiger partial charge in [-0.1, -0.05) is 145 Å². The van der Waals surface area contributed by atoms with Crippen LogP contribution in [0.2, 0.25) is 0 Å². The lowest BCUT2D eigenvalue weighted by atomic mass is 10.1. The Hall–Kier alpha value is -3.23. The van der Waals surface area contributed by atoms with Crippen LogP contribution in [0.3, 0.4) is 0 Å². The molecule has 0 aromatic carbocycles. The number of rotatable bonds is 35. The van der Waals surface area contributed by atoms with Crippen molar-refractivity contribution >= 4 is 17.9 Å². The van der Waals surface area contributed by atoms with E-state index < -0.39 is 24.1 Å². The molecule has 0 rings (SSSR count). The van der Waals surface area contributed by atoms with Crippen LogP contribution in [0.1, 0.15) is 142 Å². The number of esters is 2. The minimum absolute atomic E-state index is 0.00803. The smallest absolute Gasteiger partial charge is 0.306 e. The summed E-state index contributed by atoms with van der Waals surface area (Å²) in [7, 11) is 5.37. The van der Waals surface area contributed by atoms with Gasteiger partial charge in [0.05, 0.1) is 40.3 Å². The van der Waals surface area contributed by atoms with Gasteiger partial charge in [-0.3, -0.25) is 9.59 Å². The number of allylic oxidation sites excluding steroid dienone is 12. The number of carbonyl (C=O) groups is 3. The van der Waals surface area contributed by atoms with Gasteiger partial charge >= 0.3 is 11.9 Å². The Morgan fingerprint density at radius 2 is 1.06 bits per heavy atom. The number of ether oxygens (including phenoxy) is 3. The van der Waals surface area contributed by atoms with E-state index >= 15 is 0 Å². The molecule has 0 aliphatic rings. The second-order valence-corrected chi connectivity index (χ2v) is 14.5. The Morgan fingerprint density at radius 3 is 1.53 bits per heavy atom.